The van der Waals surface area contributed by atoms with Crippen LogP contribution in [0.4, 0.5) is 11.4 Å². The van der Waals surface area contributed by atoms with Gasteiger partial charge in [0.1, 0.15) is 5.76 Å². The number of carbonyl (C=O) groups is 4. The fraction of sp³-hybridized carbons (Fsp3) is 0.360. The topological polar surface area (TPSA) is 112 Å². The van der Waals surface area contributed by atoms with Crippen molar-refractivity contribution in [1.29, 1.82) is 0 Å². The fourth-order valence-electron chi connectivity index (χ4n) is 4.18. The molecule has 2 saturated heterocycles. The highest BCUT2D eigenvalue weighted by Gasteiger charge is 2.24. The number of rotatable bonds is 6. The molecule has 4 amide bonds. The van der Waals surface area contributed by atoms with E-state index in [1.54, 1.807) is 52.5 Å². The van der Waals surface area contributed by atoms with Gasteiger partial charge >= 0.3 is 11.8 Å². The molecule has 0 saturated carbocycles. The van der Waals surface area contributed by atoms with E-state index in [1.807, 2.05) is 6.07 Å². The second-order valence-electron chi connectivity index (χ2n) is 8.48. The predicted octanol–water partition coefficient (Wildman–Crippen LogP) is 2.41. The van der Waals surface area contributed by atoms with Crippen molar-refractivity contribution in [1.82, 2.24) is 10.2 Å². The molecule has 2 aromatic rings. The van der Waals surface area contributed by atoms with Crippen molar-refractivity contribution in [2.45, 2.75) is 25.7 Å². The quantitative estimate of drug-likeness (QED) is 0.504. The number of anilines is 2. The molecule has 3 heterocycles. The van der Waals surface area contributed by atoms with Crippen molar-refractivity contribution < 1.29 is 23.6 Å². The minimum absolute atomic E-state index is 0.0579. The zero-order valence-corrected chi connectivity index (χ0v) is 18.9. The maximum atomic E-state index is 12.3. The lowest BCUT2D eigenvalue weighted by Gasteiger charge is -2.31. The average molecular weight is 465 g/mol. The zero-order valence-electron chi connectivity index (χ0n) is 18.9. The van der Waals surface area contributed by atoms with Crippen LogP contribution in [0.25, 0.3) is 6.08 Å². The molecule has 0 unspecified atom stereocenters. The van der Waals surface area contributed by atoms with E-state index >= 15 is 0 Å². The Hall–Kier alpha value is -3.88. The summed E-state index contributed by atoms with van der Waals surface area (Å²) in [4.78, 5) is 52.3. The molecule has 9 nitrogen and oxygen atoms in total. The third-order valence-corrected chi connectivity index (χ3v) is 6.11. The molecular formula is C25H28N4O5. The number of hydrogen-bond acceptors (Lipinski definition) is 5. The number of piperidine rings is 1. The number of likely N-dealkylation sites (tertiary alicyclic amines) is 1. The summed E-state index contributed by atoms with van der Waals surface area (Å²) in [6.45, 7) is 2.21. The third kappa shape index (κ3) is 5.92. The molecule has 1 aromatic heterocycles. The van der Waals surface area contributed by atoms with Crippen molar-refractivity contribution in [3.05, 3.63) is 54.5 Å². The summed E-state index contributed by atoms with van der Waals surface area (Å²) < 4.78 is 5.19. The second kappa shape index (κ2) is 10.8. The molecule has 2 aliphatic heterocycles. The summed E-state index contributed by atoms with van der Waals surface area (Å²) in [6.07, 6.45) is 7.52. The van der Waals surface area contributed by atoms with Gasteiger partial charge in [-0.2, -0.15) is 0 Å². The molecule has 0 bridgehead atoms. The number of hydrogen-bond donors (Lipinski definition) is 2. The van der Waals surface area contributed by atoms with Crippen LogP contribution < -0.4 is 15.5 Å². The van der Waals surface area contributed by atoms with Gasteiger partial charge in [0.05, 0.1) is 6.26 Å². The lowest BCUT2D eigenvalue weighted by atomic mass is 9.96. The summed E-state index contributed by atoms with van der Waals surface area (Å²) in [5, 5.41) is 5.29. The van der Waals surface area contributed by atoms with Crippen molar-refractivity contribution in [3.8, 4) is 0 Å². The van der Waals surface area contributed by atoms with E-state index in [4.69, 9.17) is 4.42 Å². The van der Waals surface area contributed by atoms with E-state index in [9.17, 15) is 19.2 Å². The van der Waals surface area contributed by atoms with Gasteiger partial charge in [0.25, 0.3) is 0 Å². The summed E-state index contributed by atoms with van der Waals surface area (Å²) in [5.41, 5.74) is 1.17. The molecule has 0 atom stereocenters. The van der Waals surface area contributed by atoms with Crippen LogP contribution in [0.3, 0.4) is 0 Å². The lowest BCUT2D eigenvalue weighted by Crippen LogP contribution is -2.43. The van der Waals surface area contributed by atoms with Gasteiger partial charge in [0.15, 0.2) is 0 Å². The van der Waals surface area contributed by atoms with Crippen molar-refractivity contribution >= 4 is 41.1 Å². The first kappa shape index (κ1) is 23.3. The Kier molecular flexibility index (Phi) is 7.41. The van der Waals surface area contributed by atoms with Gasteiger partial charge in [-0.05, 0) is 61.6 Å². The first-order valence-electron chi connectivity index (χ1n) is 11.5. The molecule has 4 rings (SSSR count). The van der Waals surface area contributed by atoms with E-state index in [1.165, 1.54) is 6.08 Å². The molecule has 178 valence electrons. The summed E-state index contributed by atoms with van der Waals surface area (Å²) >= 11 is 0. The summed E-state index contributed by atoms with van der Waals surface area (Å²) in [6, 6.07) is 10.5. The third-order valence-electron chi connectivity index (χ3n) is 6.11. The molecule has 0 aliphatic carbocycles. The smallest absolute Gasteiger partial charge is 0.313 e. The molecular weight excluding hydrogens is 436 g/mol. The first-order chi connectivity index (χ1) is 16.5. The number of furan rings is 1. The van der Waals surface area contributed by atoms with Crippen LogP contribution in [0.5, 0.6) is 0 Å². The van der Waals surface area contributed by atoms with Crippen LogP contribution in [0, 0.1) is 5.92 Å². The average Bonchev–Trinajstić information content (AvgIpc) is 3.53. The highest BCUT2D eigenvalue weighted by molar-refractivity contribution is 6.39. The van der Waals surface area contributed by atoms with Gasteiger partial charge in [-0.25, -0.2) is 0 Å². The van der Waals surface area contributed by atoms with Gasteiger partial charge in [-0.3, -0.25) is 19.2 Å². The van der Waals surface area contributed by atoms with E-state index in [2.05, 4.69) is 10.6 Å². The van der Waals surface area contributed by atoms with Crippen LogP contribution in [0.15, 0.2) is 53.2 Å². The van der Waals surface area contributed by atoms with Crippen molar-refractivity contribution in [2.24, 2.45) is 5.92 Å². The zero-order chi connectivity index (χ0) is 23.9. The summed E-state index contributed by atoms with van der Waals surface area (Å²) in [7, 11) is 0. The SMILES string of the molecule is O=C(NCC1CCN(C(=O)/C=C/c2ccco2)CC1)C(=O)Nc1cccc(N2CCCC2=O)c1. The number of benzene rings is 1. The van der Waals surface area contributed by atoms with Crippen LogP contribution in [0.1, 0.15) is 31.4 Å². The maximum Gasteiger partial charge on any atom is 0.313 e. The molecule has 2 fully saturated rings. The Labute approximate surface area is 197 Å². The number of amides is 4. The Bertz CT molecular complexity index is 1070. The Morgan fingerprint density at radius 3 is 2.59 bits per heavy atom. The number of carbonyl (C=O) groups excluding carboxylic acids is 4. The standard InChI is InChI=1S/C25H28N4O5/c30-22(9-8-21-6-3-15-34-21)28-13-10-18(11-14-28)17-26-24(32)25(33)27-19-4-1-5-20(16-19)29-12-2-7-23(29)31/h1,3-6,8-9,15-16,18H,2,7,10-14,17H2,(H,26,32)(H,27,33)/b9-8+. The highest BCUT2D eigenvalue weighted by Crippen LogP contribution is 2.24. The van der Waals surface area contributed by atoms with E-state index in [0.29, 0.717) is 49.7 Å². The van der Waals surface area contributed by atoms with Crippen LogP contribution >= 0.6 is 0 Å². The Morgan fingerprint density at radius 2 is 1.88 bits per heavy atom. The van der Waals surface area contributed by atoms with Gasteiger partial charge in [0.2, 0.25) is 11.8 Å². The number of nitrogens with zero attached hydrogens (tertiary/aromatic N) is 2. The Balaban J connectivity index is 1.20. The van der Waals surface area contributed by atoms with Gasteiger partial charge in [-0.15, -0.1) is 0 Å². The summed E-state index contributed by atoms with van der Waals surface area (Å²) in [5.74, 6) is -0.651. The minimum Gasteiger partial charge on any atom is -0.465 e. The van der Waals surface area contributed by atoms with Gasteiger partial charge < -0.3 is 24.9 Å². The van der Waals surface area contributed by atoms with E-state index < -0.39 is 11.8 Å². The van der Waals surface area contributed by atoms with Crippen LogP contribution in [-0.2, 0) is 19.2 Å². The van der Waals surface area contributed by atoms with Crippen molar-refractivity contribution in [2.75, 3.05) is 36.4 Å². The lowest BCUT2D eigenvalue weighted by molar-refractivity contribution is -0.136. The molecule has 2 aliphatic rings. The van der Waals surface area contributed by atoms with Gasteiger partial charge in [0, 0.05) is 50.1 Å². The molecule has 1 aromatic carbocycles. The molecule has 0 spiro atoms. The van der Waals surface area contributed by atoms with E-state index in [-0.39, 0.29) is 17.7 Å². The van der Waals surface area contributed by atoms with Crippen LogP contribution in [0.2, 0.25) is 0 Å². The molecule has 9 heteroatoms. The molecule has 34 heavy (non-hydrogen) atoms. The number of nitrogens with one attached hydrogen (secondary N) is 2. The minimum atomic E-state index is -0.749. The fourth-order valence-corrected chi connectivity index (χ4v) is 4.18. The Morgan fingerprint density at radius 1 is 1.06 bits per heavy atom. The monoisotopic (exact) mass is 464 g/mol. The normalized spacial score (nSPS) is 16.8. The molecule has 0 radical (unpaired) electrons. The predicted molar refractivity (Wildman–Crippen MR) is 127 cm³/mol. The first-order valence-corrected chi connectivity index (χ1v) is 11.5. The second-order valence-corrected chi connectivity index (χ2v) is 8.48. The van der Waals surface area contributed by atoms with E-state index in [0.717, 1.165) is 19.3 Å². The highest BCUT2D eigenvalue weighted by atomic mass is 16.3. The molecule has 2 N–H and O–H groups in total. The van der Waals surface area contributed by atoms with Crippen LogP contribution in [-0.4, -0.2) is 54.7 Å². The van der Waals surface area contributed by atoms with Crippen molar-refractivity contribution in [3.63, 3.8) is 0 Å². The van der Waals surface area contributed by atoms with Gasteiger partial charge in [-0.1, -0.05) is 6.07 Å². The maximum absolute atomic E-state index is 12.3. The largest absolute Gasteiger partial charge is 0.465 e.